The zero-order valence-electron chi connectivity index (χ0n) is 14.6. The zero-order valence-corrected chi connectivity index (χ0v) is 14.6. The van der Waals surface area contributed by atoms with Gasteiger partial charge in [-0.05, 0) is 24.8 Å². The van der Waals surface area contributed by atoms with Crippen molar-refractivity contribution < 1.29 is 20.4 Å². The van der Waals surface area contributed by atoms with Gasteiger partial charge in [0.1, 0.15) is 17.2 Å². The number of benzene rings is 2. The van der Waals surface area contributed by atoms with Gasteiger partial charge < -0.3 is 20.4 Å². The Balaban J connectivity index is 1.58. The third kappa shape index (κ3) is 6.31. The van der Waals surface area contributed by atoms with Crippen molar-refractivity contribution in [2.24, 2.45) is 0 Å². The van der Waals surface area contributed by atoms with Crippen molar-refractivity contribution in [1.29, 1.82) is 0 Å². The molecule has 0 spiro atoms. The highest BCUT2D eigenvalue weighted by atomic mass is 16.3. The molecule has 2 rings (SSSR count). The summed E-state index contributed by atoms with van der Waals surface area (Å²) in [4.78, 5) is 0. The van der Waals surface area contributed by atoms with Crippen LogP contribution in [0.15, 0.2) is 42.5 Å². The van der Waals surface area contributed by atoms with Crippen molar-refractivity contribution in [2.75, 3.05) is 0 Å². The Hall–Kier alpha value is -2.20. The third-order valence-electron chi connectivity index (χ3n) is 4.49. The molecule has 2 aromatic carbocycles. The molecule has 0 saturated heterocycles. The maximum atomic E-state index is 10.1. The van der Waals surface area contributed by atoms with E-state index >= 15 is 0 Å². The quantitative estimate of drug-likeness (QED) is 0.466. The first-order valence-corrected chi connectivity index (χ1v) is 9.04. The van der Waals surface area contributed by atoms with Gasteiger partial charge in [0.25, 0.3) is 0 Å². The molecule has 0 radical (unpaired) electrons. The molecule has 0 heterocycles. The van der Waals surface area contributed by atoms with Crippen molar-refractivity contribution in [3.8, 4) is 17.2 Å². The molecule has 0 amide bonds. The smallest absolute Gasteiger partial charge is 0.128 e. The van der Waals surface area contributed by atoms with E-state index in [1.807, 2.05) is 6.07 Å². The molecule has 0 bridgehead atoms. The predicted molar refractivity (Wildman–Crippen MR) is 98.9 cm³/mol. The standard InChI is InChI=1S/C21H28O4/c22-17-14-19(24)21(20(25)15-17)18(23)13-9-4-2-1-3-6-10-16-11-7-5-8-12-16/h5,7-8,11-12,14-15,18,22-25H,1-4,6,9-10,13H2. The Morgan fingerprint density at radius 2 is 1.28 bits per heavy atom. The molecule has 4 nitrogen and oxygen atoms in total. The number of unbranched alkanes of at least 4 members (excludes halogenated alkanes) is 5. The molecule has 1 atom stereocenters. The summed E-state index contributed by atoms with van der Waals surface area (Å²) < 4.78 is 0. The van der Waals surface area contributed by atoms with Crippen molar-refractivity contribution in [3.05, 3.63) is 53.6 Å². The zero-order chi connectivity index (χ0) is 18.1. The molecular formula is C21H28O4. The third-order valence-corrected chi connectivity index (χ3v) is 4.49. The highest BCUT2D eigenvalue weighted by Crippen LogP contribution is 2.38. The predicted octanol–water partition coefficient (Wildman–Crippen LogP) is 4.81. The van der Waals surface area contributed by atoms with Gasteiger partial charge in [-0.3, -0.25) is 0 Å². The molecule has 0 aliphatic carbocycles. The molecule has 136 valence electrons. The molecule has 0 saturated carbocycles. The molecule has 2 aromatic rings. The summed E-state index contributed by atoms with van der Waals surface area (Å²) in [7, 11) is 0. The van der Waals surface area contributed by atoms with E-state index in [4.69, 9.17) is 0 Å². The van der Waals surface area contributed by atoms with E-state index < -0.39 is 6.10 Å². The number of aromatic hydroxyl groups is 3. The summed E-state index contributed by atoms with van der Waals surface area (Å²) in [6, 6.07) is 12.8. The van der Waals surface area contributed by atoms with E-state index in [1.54, 1.807) is 0 Å². The van der Waals surface area contributed by atoms with E-state index in [0.717, 1.165) is 37.8 Å². The average molecular weight is 344 g/mol. The van der Waals surface area contributed by atoms with Crippen LogP contribution in [0.5, 0.6) is 17.2 Å². The van der Waals surface area contributed by atoms with Crippen molar-refractivity contribution in [1.82, 2.24) is 0 Å². The van der Waals surface area contributed by atoms with Crippen LogP contribution in [0.2, 0.25) is 0 Å². The van der Waals surface area contributed by atoms with Gasteiger partial charge in [-0.1, -0.05) is 62.4 Å². The van der Waals surface area contributed by atoms with Gasteiger partial charge >= 0.3 is 0 Å². The summed E-state index contributed by atoms with van der Waals surface area (Å²) in [6.07, 6.45) is 7.24. The minimum absolute atomic E-state index is 0.0978. The fourth-order valence-corrected chi connectivity index (χ4v) is 3.11. The van der Waals surface area contributed by atoms with Gasteiger partial charge in [-0.15, -0.1) is 0 Å². The second-order valence-corrected chi connectivity index (χ2v) is 6.56. The highest BCUT2D eigenvalue weighted by Gasteiger charge is 2.17. The first kappa shape index (κ1) is 19.1. The lowest BCUT2D eigenvalue weighted by Crippen LogP contribution is -1.99. The summed E-state index contributed by atoms with van der Waals surface area (Å²) in [5, 5.41) is 38.9. The largest absolute Gasteiger partial charge is 0.508 e. The molecule has 1 unspecified atom stereocenters. The van der Waals surface area contributed by atoms with Crippen LogP contribution < -0.4 is 0 Å². The van der Waals surface area contributed by atoms with Gasteiger partial charge in [0.2, 0.25) is 0 Å². The van der Waals surface area contributed by atoms with Crippen LogP contribution in [0.1, 0.15) is 62.2 Å². The summed E-state index contributed by atoms with van der Waals surface area (Å²) in [5.41, 5.74) is 1.49. The Bertz CT molecular complexity index is 617. The van der Waals surface area contributed by atoms with E-state index in [9.17, 15) is 20.4 Å². The second kappa shape index (κ2) is 9.94. The highest BCUT2D eigenvalue weighted by molar-refractivity contribution is 5.49. The maximum Gasteiger partial charge on any atom is 0.128 e. The Kier molecular flexibility index (Phi) is 7.61. The van der Waals surface area contributed by atoms with E-state index in [2.05, 4.69) is 24.3 Å². The van der Waals surface area contributed by atoms with Crippen LogP contribution in [0.4, 0.5) is 0 Å². The monoisotopic (exact) mass is 344 g/mol. The Morgan fingerprint density at radius 3 is 1.92 bits per heavy atom. The Morgan fingerprint density at radius 1 is 0.720 bits per heavy atom. The number of aryl methyl sites for hydroxylation is 1. The minimum atomic E-state index is -0.918. The number of hydrogen-bond acceptors (Lipinski definition) is 4. The maximum absolute atomic E-state index is 10.1. The van der Waals surface area contributed by atoms with Gasteiger partial charge in [0.15, 0.2) is 0 Å². The van der Waals surface area contributed by atoms with Gasteiger partial charge in [0, 0.05) is 12.1 Å². The molecule has 0 fully saturated rings. The lowest BCUT2D eigenvalue weighted by molar-refractivity contribution is 0.156. The van der Waals surface area contributed by atoms with Crippen LogP contribution >= 0.6 is 0 Å². The van der Waals surface area contributed by atoms with Gasteiger partial charge in [0.05, 0.1) is 11.7 Å². The number of rotatable bonds is 10. The minimum Gasteiger partial charge on any atom is -0.508 e. The lowest BCUT2D eigenvalue weighted by atomic mass is 9.99. The van der Waals surface area contributed by atoms with E-state index in [-0.39, 0.29) is 22.8 Å². The Labute approximate surface area is 149 Å². The van der Waals surface area contributed by atoms with E-state index in [1.165, 1.54) is 24.8 Å². The molecule has 4 N–H and O–H groups in total. The van der Waals surface area contributed by atoms with Gasteiger partial charge in [-0.2, -0.15) is 0 Å². The number of aliphatic hydroxyl groups is 1. The molecule has 0 aromatic heterocycles. The fraction of sp³-hybridized carbons (Fsp3) is 0.429. The van der Waals surface area contributed by atoms with Crippen LogP contribution in [0.3, 0.4) is 0 Å². The van der Waals surface area contributed by atoms with Crippen LogP contribution in [0.25, 0.3) is 0 Å². The number of phenols is 3. The van der Waals surface area contributed by atoms with E-state index in [0.29, 0.717) is 6.42 Å². The summed E-state index contributed by atoms with van der Waals surface area (Å²) in [6.45, 7) is 0. The second-order valence-electron chi connectivity index (χ2n) is 6.56. The molecule has 0 aliphatic rings. The first-order valence-electron chi connectivity index (χ1n) is 9.04. The number of aliphatic hydroxyl groups excluding tert-OH is 1. The number of hydrogen-bond donors (Lipinski definition) is 4. The fourth-order valence-electron chi connectivity index (χ4n) is 3.11. The van der Waals surface area contributed by atoms with Gasteiger partial charge in [-0.25, -0.2) is 0 Å². The van der Waals surface area contributed by atoms with Crippen LogP contribution in [-0.4, -0.2) is 20.4 Å². The molecule has 25 heavy (non-hydrogen) atoms. The molecule has 0 aliphatic heterocycles. The molecular weight excluding hydrogens is 316 g/mol. The lowest BCUT2D eigenvalue weighted by Gasteiger charge is -2.14. The van der Waals surface area contributed by atoms with Crippen molar-refractivity contribution in [2.45, 2.75) is 57.5 Å². The van der Waals surface area contributed by atoms with Crippen LogP contribution in [-0.2, 0) is 6.42 Å². The van der Waals surface area contributed by atoms with Crippen LogP contribution in [0, 0.1) is 0 Å². The number of phenolic OH excluding ortho intramolecular Hbond substituents is 3. The summed E-state index contributed by atoms with van der Waals surface area (Å²) in [5.74, 6) is -0.765. The topological polar surface area (TPSA) is 80.9 Å². The molecule has 4 heteroatoms. The first-order chi connectivity index (χ1) is 12.1. The van der Waals surface area contributed by atoms with Crippen molar-refractivity contribution in [3.63, 3.8) is 0 Å². The van der Waals surface area contributed by atoms with Crippen molar-refractivity contribution >= 4 is 0 Å². The summed E-state index contributed by atoms with van der Waals surface area (Å²) >= 11 is 0. The normalized spacial score (nSPS) is 12.2. The average Bonchev–Trinajstić information content (AvgIpc) is 2.57. The SMILES string of the molecule is Oc1cc(O)c(C(O)CCCCCCCCc2ccccc2)c(O)c1.